The Morgan fingerprint density at radius 1 is 1.07 bits per heavy atom. The van der Waals surface area contributed by atoms with Gasteiger partial charge in [0, 0.05) is 12.8 Å². The first-order valence-corrected chi connectivity index (χ1v) is 5.99. The number of hydrogen-bond acceptors (Lipinski definition) is 5. The molecule has 0 aliphatic carbocycles. The minimum atomic E-state index is -2.60. The Balaban J connectivity index is 4.49. The second kappa shape index (κ2) is 7.57. The van der Waals surface area contributed by atoms with Gasteiger partial charge in [0.2, 0.25) is 0 Å². The van der Waals surface area contributed by atoms with Crippen molar-refractivity contribution in [2.45, 2.75) is 23.7 Å². The molecule has 0 aromatic carbocycles. The second-order valence-corrected chi connectivity index (χ2v) is 4.43. The van der Waals surface area contributed by atoms with Crippen LogP contribution in [0.25, 0.3) is 0 Å². The van der Waals surface area contributed by atoms with E-state index in [-0.39, 0.29) is 12.8 Å². The van der Waals surface area contributed by atoms with Gasteiger partial charge < -0.3 is 13.8 Å². The molecule has 0 spiro atoms. The third kappa shape index (κ3) is 5.67. The first-order valence-electron chi connectivity index (χ1n) is 3.71. The number of hydrogen-bond donors (Lipinski definition) is 0. The van der Waals surface area contributed by atoms with Gasteiger partial charge in [-0.05, 0) is 22.2 Å². The summed E-state index contributed by atoms with van der Waals surface area (Å²) in [4.78, 5) is 0. The molecule has 0 aromatic heterocycles. The third-order valence-electron chi connectivity index (χ3n) is 1.30. The predicted octanol–water partition coefficient (Wildman–Crippen LogP) is -0.540. The van der Waals surface area contributed by atoms with Crippen LogP contribution < -0.4 is 0 Å². The standard InChI is InChI=1S/C8H10O5S2/c1-3-5-7(14(9)10)13-8(6-4-2)15(11)12/h1-2,7-8H,5-6H2,(H,9,10)(H,11,12)/p-2. The minimum Gasteiger partial charge on any atom is -0.770 e. The highest BCUT2D eigenvalue weighted by molar-refractivity contribution is 7.80. The summed E-state index contributed by atoms with van der Waals surface area (Å²) >= 11 is -5.20. The number of rotatable bonds is 6. The summed E-state index contributed by atoms with van der Waals surface area (Å²) in [7, 11) is 0. The quantitative estimate of drug-likeness (QED) is 0.465. The summed E-state index contributed by atoms with van der Waals surface area (Å²) in [6.07, 6.45) is 9.34. The highest BCUT2D eigenvalue weighted by Crippen LogP contribution is 2.10. The van der Waals surface area contributed by atoms with E-state index in [1.54, 1.807) is 0 Å². The van der Waals surface area contributed by atoms with Crippen molar-refractivity contribution < 1.29 is 22.3 Å². The maximum Gasteiger partial charge on any atom is 0.131 e. The Labute approximate surface area is 93.2 Å². The van der Waals surface area contributed by atoms with Crippen molar-refractivity contribution in [3.8, 4) is 24.7 Å². The van der Waals surface area contributed by atoms with E-state index >= 15 is 0 Å². The molecule has 7 heteroatoms. The van der Waals surface area contributed by atoms with Gasteiger partial charge in [0.25, 0.3) is 0 Å². The van der Waals surface area contributed by atoms with Crippen LogP contribution in [-0.2, 0) is 26.9 Å². The van der Waals surface area contributed by atoms with Gasteiger partial charge in [-0.15, -0.1) is 24.7 Å². The molecule has 0 saturated heterocycles. The molecule has 4 atom stereocenters. The zero-order valence-corrected chi connectivity index (χ0v) is 9.21. The molecular weight excluding hydrogens is 240 g/mol. The lowest BCUT2D eigenvalue weighted by atomic mass is 10.4. The smallest absolute Gasteiger partial charge is 0.131 e. The summed E-state index contributed by atoms with van der Waals surface area (Å²) < 4.78 is 47.1. The normalized spacial score (nSPS) is 18.1. The van der Waals surface area contributed by atoms with Crippen molar-refractivity contribution in [3.63, 3.8) is 0 Å². The van der Waals surface area contributed by atoms with Gasteiger partial charge in [0.15, 0.2) is 0 Å². The molecule has 0 bridgehead atoms. The topological polar surface area (TPSA) is 89.5 Å². The van der Waals surface area contributed by atoms with Crippen molar-refractivity contribution in [3.05, 3.63) is 0 Å². The van der Waals surface area contributed by atoms with Crippen molar-refractivity contribution in [1.29, 1.82) is 0 Å². The monoisotopic (exact) mass is 248 g/mol. The fraction of sp³-hybridized carbons (Fsp3) is 0.500. The van der Waals surface area contributed by atoms with Crippen LogP contribution in [0, 0.1) is 24.7 Å². The second-order valence-electron chi connectivity index (χ2n) is 2.33. The van der Waals surface area contributed by atoms with Crippen molar-refractivity contribution in [1.82, 2.24) is 0 Å². The average Bonchev–Trinajstić information content (AvgIpc) is 2.15. The lowest BCUT2D eigenvalue weighted by Crippen LogP contribution is -2.28. The molecule has 0 rings (SSSR count). The molecule has 0 aliphatic rings. The number of ether oxygens (including phenoxy) is 1. The SMILES string of the molecule is C#CCC(OC(CC#C)S(=O)[O-])S(=O)[O-]. The first-order chi connectivity index (χ1) is 7.02. The molecule has 15 heavy (non-hydrogen) atoms. The van der Waals surface area contributed by atoms with E-state index in [1.165, 1.54) is 0 Å². The molecule has 84 valence electrons. The Bertz CT molecular complexity index is 295. The van der Waals surface area contributed by atoms with Gasteiger partial charge in [0.05, 0.1) is 0 Å². The van der Waals surface area contributed by atoms with Gasteiger partial charge in [0.1, 0.15) is 10.9 Å². The Morgan fingerprint density at radius 2 is 1.40 bits per heavy atom. The van der Waals surface area contributed by atoms with Crippen LogP contribution in [0.5, 0.6) is 0 Å². The van der Waals surface area contributed by atoms with E-state index in [2.05, 4.69) is 11.8 Å². The van der Waals surface area contributed by atoms with Crippen molar-refractivity contribution in [2.24, 2.45) is 0 Å². The highest BCUT2D eigenvalue weighted by atomic mass is 32.2. The Hall–Kier alpha value is -0.700. The van der Waals surface area contributed by atoms with Crippen LogP contribution in [-0.4, -0.2) is 28.4 Å². The average molecular weight is 248 g/mol. The van der Waals surface area contributed by atoms with Crippen molar-refractivity contribution >= 4 is 22.2 Å². The van der Waals surface area contributed by atoms with E-state index in [0.717, 1.165) is 0 Å². The molecule has 0 heterocycles. The summed E-state index contributed by atoms with van der Waals surface area (Å²) in [5.74, 6) is 4.13. The highest BCUT2D eigenvalue weighted by Gasteiger charge is 2.16. The van der Waals surface area contributed by atoms with Gasteiger partial charge in [-0.25, -0.2) is 0 Å². The van der Waals surface area contributed by atoms with E-state index in [1.807, 2.05) is 0 Å². The lowest BCUT2D eigenvalue weighted by Gasteiger charge is -2.25. The van der Waals surface area contributed by atoms with Gasteiger partial charge in [-0.3, -0.25) is 8.42 Å². The fourth-order valence-electron chi connectivity index (χ4n) is 0.685. The van der Waals surface area contributed by atoms with Gasteiger partial charge in [-0.2, -0.15) is 0 Å². The van der Waals surface area contributed by atoms with Gasteiger partial charge >= 0.3 is 0 Å². The molecule has 0 fully saturated rings. The zero-order chi connectivity index (χ0) is 11.8. The number of terminal acetylenes is 2. The molecule has 0 aliphatic heterocycles. The molecule has 0 aromatic rings. The van der Waals surface area contributed by atoms with E-state index < -0.39 is 33.0 Å². The van der Waals surface area contributed by atoms with Gasteiger partial charge in [-0.1, -0.05) is 0 Å². The van der Waals surface area contributed by atoms with Crippen molar-refractivity contribution in [2.75, 3.05) is 0 Å². The molecular formula is C8H8O5S2-2. The third-order valence-corrected chi connectivity index (χ3v) is 2.72. The first kappa shape index (κ1) is 14.3. The molecule has 0 amide bonds. The summed E-state index contributed by atoms with van der Waals surface area (Å²) in [6, 6.07) is 0. The predicted molar refractivity (Wildman–Crippen MR) is 53.4 cm³/mol. The Kier molecular flexibility index (Phi) is 7.22. The summed E-state index contributed by atoms with van der Waals surface area (Å²) in [5.41, 5.74) is -2.71. The maximum atomic E-state index is 10.6. The van der Waals surface area contributed by atoms with E-state index in [9.17, 15) is 17.5 Å². The lowest BCUT2D eigenvalue weighted by molar-refractivity contribution is 0.0813. The molecule has 0 radical (unpaired) electrons. The molecule has 0 N–H and O–H groups in total. The zero-order valence-electron chi connectivity index (χ0n) is 7.58. The Morgan fingerprint density at radius 3 is 1.60 bits per heavy atom. The minimum absolute atomic E-state index is 0.228. The molecule has 5 nitrogen and oxygen atoms in total. The van der Waals surface area contributed by atoms with Crippen LogP contribution in [0.1, 0.15) is 12.8 Å². The fourth-order valence-corrected chi connectivity index (χ4v) is 1.67. The largest absolute Gasteiger partial charge is 0.770 e. The maximum absolute atomic E-state index is 10.6. The van der Waals surface area contributed by atoms with Crippen LogP contribution in [0.3, 0.4) is 0 Å². The molecule has 0 saturated carbocycles. The summed E-state index contributed by atoms with van der Waals surface area (Å²) in [5, 5.41) is 0. The molecule has 4 unspecified atom stereocenters. The van der Waals surface area contributed by atoms with Crippen LogP contribution in [0.4, 0.5) is 0 Å². The van der Waals surface area contributed by atoms with E-state index in [4.69, 9.17) is 17.6 Å². The van der Waals surface area contributed by atoms with Crippen LogP contribution in [0.2, 0.25) is 0 Å². The summed E-state index contributed by atoms with van der Waals surface area (Å²) in [6.45, 7) is 0. The van der Waals surface area contributed by atoms with E-state index in [0.29, 0.717) is 0 Å². The van der Waals surface area contributed by atoms with Crippen LogP contribution in [0.15, 0.2) is 0 Å². The van der Waals surface area contributed by atoms with Crippen LogP contribution >= 0.6 is 0 Å².